The van der Waals surface area contributed by atoms with Gasteiger partial charge in [0.1, 0.15) is 5.54 Å². The molecule has 0 aliphatic carbocycles. The van der Waals surface area contributed by atoms with Crippen LogP contribution in [0.4, 0.5) is 18.3 Å². The van der Waals surface area contributed by atoms with Crippen LogP contribution in [-0.2, 0) is 11.0 Å². The van der Waals surface area contributed by atoms with Crippen LogP contribution in [0.5, 0.6) is 0 Å². The zero-order valence-corrected chi connectivity index (χ0v) is 10.5. The fourth-order valence-corrected chi connectivity index (χ4v) is 2.09. The van der Waals surface area contributed by atoms with Gasteiger partial charge >= 0.3 is 12.1 Å². The number of carboxylic acids is 1. The van der Waals surface area contributed by atoms with Gasteiger partial charge in [-0.2, -0.15) is 13.2 Å². The first kappa shape index (κ1) is 14.7. The number of carboxylic acid groups (broad SMARTS) is 1. The summed E-state index contributed by atoms with van der Waals surface area (Å²) in [5.41, 5.74) is -1.35. The number of nitrogens with zero attached hydrogens (tertiary/aromatic N) is 2. The van der Waals surface area contributed by atoms with E-state index in [0.717, 1.165) is 0 Å². The summed E-state index contributed by atoms with van der Waals surface area (Å²) >= 11 is 0.288. The van der Waals surface area contributed by atoms with E-state index in [1.165, 1.54) is 6.92 Å². The van der Waals surface area contributed by atoms with Crippen molar-refractivity contribution in [3.05, 3.63) is 5.01 Å². The molecule has 1 unspecified atom stereocenters. The van der Waals surface area contributed by atoms with Gasteiger partial charge in [0.15, 0.2) is 0 Å². The average molecular weight is 283 g/mol. The highest BCUT2D eigenvalue weighted by atomic mass is 32.1. The summed E-state index contributed by atoms with van der Waals surface area (Å²) in [5, 5.41) is 16.6. The summed E-state index contributed by atoms with van der Waals surface area (Å²) in [4.78, 5) is 11.1. The Kier molecular flexibility index (Phi) is 4.15. The van der Waals surface area contributed by atoms with Gasteiger partial charge in [-0.25, -0.2) is 4.79 Å². The van der Waals surface area contributed by atoms with Gasteiger partial charge in [0.05, 0.1) is 0 Å². The summed E-state index contributed by atoms with van der Waals surface area (Å²) < 4.78 is 36.9. The Hall–Kier alpha value is -1.38. The van der Waals surface area contributed by atoms with Crippen molar-refractivity contribution in [1.29, 1.82) is 0 Å². The van der Waals surface area contributed by atoms with Crippen molar-refractivity contribution in [2.45, 2.75) is 38.4 Å². The van der Waals surface area contributed by atoms with Gasteiger partial charge in [0.2, 0.25) is 10.1 Å². The molecule has 0 radical (unpaired) electrons. The molecular formula is C9H12F3N3O2S. The number of carbonyl (C=O) groups is 1. The number of alkyl halides is 3. The molecule has 0 amide bonds. The van der Waals surface area contributed by atoms with Gasteiger partial charge in [-0.3, -0.25) is 0 Å². The number of halogens is 3. The molecule has 0 aliphatic heterocycles. The van der Waals surface area contributed by atoms with E-state index in [2.05, 4.69) is 15.5 Å². The normalized spacial score (nSPS) is 15.2. The van der Waals surface area contributed by atoms with E-state index in [4.69, 9.17) is 5.11 Å². The van der Waals surface area contributed by atoms with Crippen LogP contribution in [0.15, 0.2) is 0 Å². The molecule has 1 atom stereocenters. The van der Waals surface area contributed by atoms with Gasteiger partial charge < -0.3 is 10.4 Å². The lowest BCUT2D eigenvalue weighted by Crippen LogP contribution is -2.43. The van der Waals surface area contributed by atoms with Crippen molar-refractivity contribution in [2.24, 2.45) is 0 Å². The number of hydrogen-bond donors (Lipinski definition) is 2. The molecule has 1 aromatic rings. The van der Waals surface area contributed by atoms with Crippen molar-refractivity contribution in [3.8, 4) is 0 Å². The van der Waals surface area contributed by atoms with E-state index in [-0.39, 0.29) is 22.9 Å². The zero-order chi connectivity index (χ0) is 14.0. The number of anilines is 1. The lowest BCUT2D eigenvalue weighted by Gasteiger charge is -2.24. The Labute approximate surface area is 105 Å². The Bertz CT molecular complexity index is 435. The van der Waals surface area contributed by atoms with E-state index in [9.17, 15) is 18.0 Å². The zero-order valence-electron chi connectivity index (χ0n) is 9.71. The van der Waals surface area contributed by atoms with Crippen LogP contribution in [0.3, 0.4) is 0 Å². The molecule has 0 spiro atoms. The molecular weight excluding hydrogens is 271 g/mol. The molecule has 1 aromatic heterocycles. The fourth-order valence-electron chi connectivity index (χ4n) is 1.35. The Morgan fingerprint density at radius 1 is 1.44 bits per heavy atom. The molecule has 18 heavy (non-hydrogen) atoms. The third-order valence-electron chi connectivity index (χ3n) is 2.27. The summed E-state index contributed by atoms with van der Waals surface area (Å²) in [7, 11) is 0. The number of nitrogens with one attached hydrogen (secondary N) is 1. The monoisotopic (exact) mass is 283 g/mol. The van der Waals surface area contributed by atoms with Gasteiger partial charge in [0.25, 0.3) is 0 Å². The van der Waals surface area contributed by atoms with E-state index < -0.39 is 22.7 Å². The van der Waals surface area contributed by atoms with Gasteiger partial charge in [-0.15, -0.1) is 10.2 Å². The second kappa shape index (κ2) is 5.09. The lowest BCUT2D eigenvalue weighted by molar-refractivity contribution is -0.142. The number of hydrogen-bond acceptors (Lipinski definition) is 5. The smallest absolute Gasteiger partial charge is 0.445 e. The van der Waals surface area contributed by atoms with E-state index >= 15 is 0 Å². The maximum absolute atomic E-state index is 12.3. The van der Waals surface area contributed by atoms with Crippen molar-refractivity contribution < 1.29 is 23.1 Å². The van der Waals surface area contributed by atoms with Crippen molar-refractivity contribution in [2.75, 3.05) is 5.32 Å². The van der Waals surface area contributed by atoms with Crippen LogP contribution in [0, 0.1) is 0 Å². The van der Waals surface area contributed by atoms with Crippen LogP contribution in [-0.4, -0.2) is 26.8 Å². The highest BCUT2D eigenvalue weighted by Crippen LogP contribution is 2.34. The highest BCUT2D eigenvalue weighted by Gasteiger charge is 2.38. The Morgan fingerprint density at radius 3 is 2.44 bits per heavy atom. The molecule has 0 saturated carbocycles. The third kappa shape index (κ3) is 3.31. The van der Waals surface area contributed by atoms with Crippen molar-refractivity contribution >= 4 is 22.4 Å². The highest BCUT2D eigenvalue weighted by molar-refractivity contribution is 7.15. The molecule has 0 saturated heterocycles. The van der Waals surface area contributed by atoms with Crippen LogP contribution < -0.4 is 5.32 Å². The number of aliphatic carboxylic acids is 1. The molecule has 0 aliphatic rings. The second-order valence-electron chi connectivity index (χ2n) is 3.92. The predicted molar refractivity (Wildman–Crippen MR) is 59.5 cm³/mol. The second-order valence-corrected chi connectivity index (χ2v) is 4.90. The Morgan fingerprint density at radius 2 is 2.06 bits per heavy atom. The summed E-state index contributed by atoms with van der Waals surface area (Å²) in [6.07, 6.45) is -3.73. The van der Waals surface area contributed by atoms with Crippen LogP contribution >= 0.6 is 11.3 Å². The third-order valence-corrected chi connectivity index (χ3v) is 3.16. The number of aromatic nitrogens is 2. The SMILES string of the molecule is CCCC(C)(Nc1nnc(C(F)(F)F)s1)C(=O)O. The molecule has 0 bridgehead atoms. The summed E-state index contributed by atoms with van der Waals surface area (Å²) in [6.45, 7) is 3.18. The maximum atomic E-state index is 12.3. The van der Waals surface area contributed by atoms with Crippen LogP contribution in [0.1, 0.15) is 31.7 Å². The quantitative estimate of drug-likeness (QED) is 0.868. The minimum absolute atomic E-state index is 0.152. The van der Waals surface area contributed by atoms with E-state index in [1.807, 2.05) is 0 Å². The predicted octanol–water partition coefficient (Wildman–Crippen LogP) is 2.61. The first-order valence-electron chi connectivity index (χ1n) is 5.11. The van der Waals surface area contributed by atoms with E-state index in [1.54, 1.807) is 6.92 Å². The summed E-state index contributed by atoms with van der Waals surface area (Å²) in [5.74, 6) is -1.15. The topological polar surface area (TPSA) is 75.1 Å². The molecule has 2 N–H and O–H groups in total. The van der Waals surface area contributed by atoms with Crippen molar-refractivity contribution in [1.82, 2.24) is 10.2 Å². The average Bonchev–Trinajstić information content (AvgIpc) is 2.65. The largest absolute Gasteiger partial charge is 0.480 e. The van der Waals surface area contributed by atoms with Crippen molar-refractivity contribution in [3.63, 3.8) is 0 Å². The fraction of sp³-hybridized carbons (Fsp3) is 0.667. The molecule has 9 heteroatoms. The van der Waals surface area contributed by atoms with Crippen LogP contribution in [0.2, 0.25) is 0 Å². The first-order chi connectivity index (χ1) is 8.19. The molecule has 1 rings (SSSR count). The minimum Gasteiger partial charge on any atom is -0.480 e. The van der Waals surface area contributed by atoms with Crippen LogP contribution in [0.25, 0.3) is 0 Å². The van der Waals surface area contributed by atoms with Gasteiger partial charge in [-0.1, -0.05) is 24.7 Å². The van der Waals surface area contributed by atoms with Gasteiger partial charge in [-0.05, 0) is 13.3 Å². The summed E-state index contributed by atoms with van der Waals surface area (Å²) in [6, 6.07) is 0. The lowest BCUT2D eigenvalue weighted by atomic mass is 9.97. The molecule has 102 valence electrons. The number of rotatable bonds is 5. The molecule has 0 aromatic carbocycles. The molecule has 0 fully saturated rings. The molecule has 5 nitrogen and oxygen atoms in total. The van der Waals surface area contributed by atoms with Gasteiger partial charge in [0, 0.05) is 0 Å². The standard InChI is InChI=1S/C9H12F3N3O2S/c1-3-4-8(2,6(16)17)13-7-15-14-5(18-7)9(10,11)12/h3-4H2,1-2H3,(H,13,15)(H,16,17). The molecule has 1 heterocycles. The Balaban J connectivity index is 2.89. The van der Waals surface area contributed by atoms with E-state index in [0.29, 0.717) is 6.42 Å². The minimum atomic E-state index is -4.57. The first-order valence-corrected chi connectivity index (χ1v) is 5.93. The maximum Gasteiger partial charge on any atom is 0.445 e.